The van der Waals surface area contributed by atoms with E-state index in [0.29, 0.717) is 16.8 Å². The highest BCUT2D eigenvalue weighted by Gasteiger charge is 2.11. The lowest BCUT2D eigenvalue weighted by Crippen LogP contribution is -2.14. The molecule has 0 radical (unpaired) electrons. The quantitative estimate of drug-likeness (QED) is 0.520. The van der Waals surface area contributed by atoms with E-state index in [2.05, 4.69) is 15.6 Å². The van der Waals surface area contributed by atoms with Crippen molar-refractivity contribution in [2.24, 2.45) is 0 Å². The second-order valence-corrected chi connectivity index (χ2v) is 6.74. The molecule has 0 aliphatic heterocycles. The van der Waals surface area contributed by atoms with Crippen LogP contribution in [0.3, 0.4) is 0 Å². The summed E-state index contributed by atoms with van der Waals surface area (Å²) < 4.78 is 0. The Morgan fingerprint density at radius 2 is 1.41 bits per heavy atom. The molecule has 142 valence electrons. The number of para-hydroxylation sites is 1. The Morgan fingerprint density at radius 1 is 0.759 bits per heavy atom. The molecule has 0 saturated heterocycles. The van der Waals surface area contributed by atoms with E-state index < -0.39 is 0 Å². The summed E-state index contributed by atoms with van der Waals surface area (Å²) in [5.41, 5.74) is 4.13. The van der Waals surface area contributed by atoms with Crippen molar-refractivity contribution in [3.63, 3.8) is 0 Å². The van der Waals surface area contributed by atoms with Crippen LogP contribution in [0.4, 0.5) is 11.4 Å². The zero-order chi connectivity index (χ0) is 20.2. The van der Waals surface area contributed by atoms with Crippen LogP contribution in [0.2, 0.25) is 0 Å². The zero-order valence-electron chi connectivity index (χ0n) is 15.8. The molecule has 0 aliphatic rings. The number of rotatable bonds is 4. The zero-order valence-corrected chi connectivity index (χ0v) is 15.8. The number of pyridine rings is 1. The number of nitrogens with one attached hydrogen (secondary N) is 2. The number of carbonyl (C=O) groups is 2. The number of hydrogen-bond acceptors (Lipinski definition) is 3. The van der Waals surface area contributed by atoms with Gasteiger partial charge in [0, 0.05) is 28.4 Å². The molecule has 0 bridgehead atoms. The second-order valence-electron chi connectivity index (χ2n) is 6.74. The largest absolute Gasteiger partial charge is 0.322 e. The fourth-order valence-electron chi connectivity index (χ4n) is 3.10. The van der Waals surface area contributed by atoms with Gasteiger partial charge in [-0.3, -0.25) is 14.6 Å². The van der Waals surface area contributed by atoms with Crippen LogP contribution in [0, 0.1) is 6.92 Å². The van der Waals surface area contributed by atoms with Gasteiger partial charge in [-0.15, -0.1) is 0 Å². The molecule has 2 amide bonds. The highest BCUT2D eigenvalue weighted by Crippen LogP contribution is 2.21. The number of aryl methyl sites for hydroxylation is 1. The van der Waals surface area contributed by atoms with Gasteiger partial charge in [-0.05, 0) is 61.0 Å². The molecule has 5 heteroatoms. The van der Waals surface area contributed by atoms with Crippen molar-refractivity contribution in [3.8, 4) is 0 Å². The summed E-state index contributed by atoms with van der Waals surface area (Å²) in [5, 5.41) is 6.71. The summed E-state index contributed by atoms with van der Waals surface area (Å²) in [5.74, 6) is -0.477. The van der Waals surface area contributed by atoms with E-state index in [0.717, 1.165) is 22.2 Å². The fraction of sp³-hybridized carbons (Fsp3) is 0.0417. The minimum Gasteiger partial charge on any atom is -0.322 e. The van der Waals surface area contributed by atoms with Gasteiger partial charge in [-0.2, -0.15) is 0 Å². The Labute approximate surface area is 168 Å². The maximum Gasteiger partial charge on any atom is 0.255 e. The third kappa shape index (κ3) is 4.14. The van der Waals surface area contributed by atoms with Crippen LogP contribution < -0.4 is 10.6 Å². The van der Waals surface area contributed by atoms with Gasteiger partial charge in [-0.25, -0.2) is 0 Å². The van der Waals surface area contributed by atoms with Gasteiger partial charge in [-0.1, -0.05) is 30.3 Å². The molecule has 1 heterocycles. The number of benzene rings is 3. The maximum atomic E-state index is 12.6. The van der Waals surface area contributed by atoms with Crippen molar-refractivity contribution >= 4 is 34.1 Å². The number of amides is 2. The minimum absolute atomic E-state index is 0.221. The van der Waals surface area contributed by atoms with Crippen LogP contribution in [-0.4, -0.2) is 16.8 Å². The van der Waals surface area contributed by atoms with Gasteiger partial charge in [0.1, 0.15) is 0 Å². The summed E-state index contributed by atoms with van der Waals surface area (Å²) in [7, 11) is 0. The molecule has 4 rings (SSSR count). The fourth-order valence-corrected chi connectivity index (χ4v) is 3.10. The maximum absolute atomic E-state index is 12.6. The van der Waals surface area contributed by atoms with E-state index in [9.17, 15) is 9.59 Å². The van der Waals surface area contributed by atoms with Gasteiger partial charge in [0.25, 0.3) is 11.8 Å². The van der Waals surface area contributed by atoms with E-state index in [1.54, 1.807) is 30.5 Å². The number of anilines is 2. The summed E-state index contributed by atoms with van der Waals surface area (Å²) in [6.45, 7) is 1.97. The Morgan fingerprint density at radius 3 is 2.14 bits per heavy atom. The smallest absolute Gasteiger partial charge is 0.255 e. The molecule has 29 heavy (non-hydrogen) atoms. The van der Waals surface area contributed by atoms with Gasteiger partial charge in [0.15, 0.2) is 0 Å². The molecule has 0 spiro atoms. The van der Waals surface area contributed by atoms with E-state index >= 15 is 0 Å². The molecule has 0 aliphatic carbocycles. The lowest BCUT2D eigenvalue weighted by molar-refractivity contribution is 0.101. The molecule has 2 N–H and O–H groups in total. The van der Waals surface area contributed by atoms with Gasteiger partial charge < -0.3 is 10.6 Å². The predicted molar refractivity (Wildman–Crippen MR) is 115 cm³/mol. The third-order valence-electron chi connectivity index (χ3n) is 4.57. The standard InChI is InChI=1S/C24H19N3O2/c1-16-5-2-8-20(15-16)26-23(28)18-10-12-19(13-11-18)24(29)27-21-9-3-6-17-7-4-14-25-22(17)21/h2-15H,1H3,(H,26,28)(H,27,29). The Balaban J connectivity index is 1.48. The summed E-state index contributed by atoms with van der Waals surface area (Å²) in [4.78, 5) is 29.4. The molecule has 1 aromatic heterocycles. The van der Waals surface area contributed by atoms with E-state index in [1.165, 1.54) is 0 Å². The molecular formula is C24H19N3O2. The first-order valence-corrected chi connectivity index (χ1v) is 9.23. The van der Waals surface area contributed by atoms with Crippen molar-refractivity contribution in [2.75, 3.05) is 10.6 Å². The molecule has 5 nitrogen and oxygen atoms in total. The van der Waals surface area contributed by atoms with E-state index in [4.69, 9.17) is 0 Å². The number of nitrogens with zero attached hydrogens (tertiary/aromatic N) is 1. The van der Waals surface area contributed by atoms with Gasteiger partial charge in [0.2, 0.25) is 0 Å². The summed E-state index contributed by atoms with van der Waals surface area (Å²) in [6.07, 6.45) is 1.69. The monoisotopic (exact) mass is 381 g/mol. The van der Waals surface area contributed by atoms with Crippen LogP contribution >= 0.6 is 0 Å². The molecule has 0 atom stereocenters. The van der Waals surface area contributed by atoms with Crippen molar-refractivity contribution in [1.82, 2.24) is 4.98 Å². The summed E-state index contributed by atoms with van der Waals surface area (Å²) in [6, 6.07) is 23.6. The Bertz CT molecular complexity index is 1190. The SMILES string of the molecule is Cc1cccc(NC(=O)c2ccc(C(=O)Nc3cccc4cccnc34)cc2)c1. The average molecular weight is 381 g/mol. The number of fused-ring (bicyclic) bond motifs is 1. The first kappa shape index (κ1) is 18.4. The summed E-state index contributed by atoms with van der Waals surface area (Å²) >= 11 is 0. The molecular weight excluding hydrogens is 362 g/mol. The minimum atomic E-state index is -0.256. The average Bonchev–Trinajstić information content (AvgIpc) is 2.74. The van der Waals surface area contributed by atoms with E-state index in [1.807, 2.05) is 61.5 Å². The first-order valence-electron chi connectivity index (χ1n) is 9.23. The highest BCUT2D eigenvalue weighted by atomic mass is 16.2. The molecule has 0 unspecified atom stereocenters. The Hall–Kier alpha value is -3.99. The van der Waals surface area contributed by atoms with Crippen LogP contribution in [0.15, 0.2) is 85.1 Å². The number of aromatic nitrogens is 1. The highest BCUT2D eigenvalue weighted by molar-refractivity contribution is 6.09. The van der Waals surface area contributed by atoms with Crippen LogP contribution in [-0.2, 0) is 0 Å². The van der Waals surface area contributed by atoms with Crippen LogP contribution in [0.1, 0.15) is 26.3 Å². The Kier molecular flexibility index (Phi) is 5.03. The van der Waals surface area contributed by atoms with Gasteiger partial charge >= 0.3 is 0 Å². The van der Waals surface area contributed by atoms with Crippen molar-refractivity contribution in [2.45, 2.75) is 6.92 Å². The predicted octanol–water partition coefficient (Wildman–Crippen LogP) is 5.05. The van der Waals surface area contributed by atoms with E-state index in [-0.39, 0.29) is 11.8 Å². The number of carbonyl (C=O) groups excluding carboxylic acids is 2. The van der Waals surface area contributed by atoms with Crippen LogP contribution in [0.25, 0.3) is 10.9 Å². The topological polar surface area (TPSA) is 71.1 Å². The molecule has 0 saturated carbocycles. The van der Waals surface area contributed by atoms with Crippen LogP contribution in [0.5, 0.6) is 0 Å². The molecule has 4 aromatic rings. The second kappa shape index (κ2) is 7.94. The van der Waals surface area contributed by atoms with Crippen molar-refractivity contribution in [3.05, 3.63) is 102 Å². The van der Waals surface area contributed by atoms with Gasteiger partial charge in [0.05, 0.1) is 11.2 Å². The molecule has 3 aromatic carbocycles. The lowest BCUT2D eigenvalue weighted by atomic mass is 10.1. The van der Waals surface area contributed by atoms with Crippen molar-refractivity contribution < 1.29 is 9.59 Å². The first-order chi connectivity index (χ1) is 14.1. The number of hydrogen-bond donors (Lipinski definition) is 2. The third-order valence-corrected chi connectivity index (χ3v) is 4.57. The normalized spacial score (nSPS) is 10.5. The lowest BCUT2D eigenvalue weighted by Gasteiger charge is -2.09. The molecule has 0 fully saturated rings. The van der Waals surface area contributed by atoms with Crippen molar-refractivity contribution in [1.29, 1.82) is 0 Å².